The summed E-state index contributed by atoms with van der Waals surface area (Å²) in [5.74, 6) is -0.830. The largest absolute Gasteiger partial charge is 0.750 e. The number of rotatable bonds is 7. The van der Waals surface area contributed by atoms with E-state index in [-0.39, 0.29) is 13.0 Å². The fraction of sp³-hybridized carbons (Fsp3) is 0.833. The van der Waals surface area contributed by atoms with E-state index in [2.05, 4.69) is 4.18 Å². The van der Waals surface area contributed by atoms with Crippen molar-refractivity contribution in [2.24, 2.45) is 0 Å². The molecule has 12 heavy (non-hydrogen) atoms. The minimum atomic E-state index is -2.45. The average Bonchev–Trinajstić information content (AvgIpc) is 1.95. The summed E-state index contributed by atoms with van der Waals surface area (Å²) in [5.41, 5.74) is 0. The molecule has 0 fully saturated rings. The van der Waals surface area contributed by atoms with Gasteiger partial charge in [0.05, 0.1) is 18.0 Å². The molecule has 0 bridgehead atoms. The molecule has 0 amide bonds. The van der Waals surface area contributed by atoms with E-state index in [1.165, 1.54) is 0 Å². The van der Waals surface area contributed by atoms with Gasteiger partial charge in [0, 0.05) is 6.42 Å². The van der Waals surface area contributed by atoms with Crippen molar-refractivity contribution in [2.45, 2.75) is 25.7 Å². The van der Waals surface area contributed by atoms with Gasteiger partial charge in [-0.15, -0.1) is 0 Å². The zero-order valence-electron chi connectivity index (χ0n) is 6.52. The molecule has 0 spiro atoms. The van der Waals surface area contributed by atoms with E-state index in [4.69, 9.17) is 5.11 Å². The van der Waals surface area contributed by atoms with Crippen molar-refractivity contribution >= 4 is 17.3 Å². The molecule has 1 unspecified atom stereocenters. The van der Waals surface area contributed by atoms with Gasteiger partial charge in [0.15, 0.2) is 0 Å². The lowest BCUT2D eigenvalue weighted by atomic mass is 10.2. The molecule has 0 aromatic rings. The first-order valence-corrected chi connectivity index (χ1v) is 4.57. The molecule has 1 N–H and O–H groups in total. The Morgan fingerprint density at radius 3 is 2.58 bits per heavy atom. The highest BCUT2D eigenvalue weighted by molar-refractivity contribution is 7.74. The van der Waals surface area contributed by atoms with Gasteiger partial charge < -0.3 is 13.8 Å². The average molecular weight is 195 g/mol. The SMILES string of the molecule is O=C(O)CCCCCOS(=O)[O-]. The number of hydrogen-bond acceptors (Lipinski definition) is 4. The van der Waals surface area contributed by atoms with E-state index >= 15 is 0 Å². The predicted molar refractivity (Wildman–Crippen MR) is 41.0 cm³/mol. The van der Waals surface area contributed by atoms with Gasteiger partial charge >= 0.3 is 5.97 Å². The highest BCUT2D eigenvalue weighted by Gasteiger charge is 1.95. The standard InChI is InChI=1S/C6H12O5S/c7-6(8)4-2-1-3-5-11-12(9)10/h1-5H2,(H,7,8)(H,9,10)/p-1. The molecule has 0 aromatic heterocycles. The van der Waals surface area contributed by atoms with Gasteiger partial charge in [-0.3, -0.25) is 4.79 Å². The number of carbonyl (C=O) groups is 1. The Bertz CT molecular complexity index is 140. The van der Waals surface area contributed by atoms with Gasteiger partial charge in [-0.1, -0.05) is 6.42 Å². The summed E-state index contributed by atoms with van der Waals surface area (Å²) in [6.45, 7) is 0.135. The fourth-order valence-corrected chi connectivity index (χ4v) is 0.936. The molecule has 5 nitrogen and oxygen atoms in total. The number of unbranched alkanes of at least 4 members (excludes halogenated alkanes) is 2. The summed E-state index contributed by atoms with van der Waals surface area (Å²) in [6.07, 6.45) is 1.93. The molecule has 0 radical (unpaired) electrons. The van der Waals surface area contributed by atoms with Crippen molar-refractivity contribution in [3.63, 3.8) is 0 Å². The van der Waals surface area contributed by atoms with Gasteiger partial charge in [0.2, 0.25) is 0 Å². The summed E-state index contributed by atoms with van der Waals surface area (Å²) in [6, 6.07) is 0. The second-order valence-electron chi connectivity index (χ2n) is 2.23. The molecule has 1 atom stereocenters. The Kier molecular flexibility index (Phi) is 6.93. The molecule has 0 aliphatic carbocycles. The van der Waals surface area contributed by atoms with Crippen LogP contribution in [0.4, 0.5) is 0 Å². The topological polar surface area (TPSA) is 86.7 Å². The van der Waals surface area contributed by atoms with Crippen molar-refractivity contribution < 1.29 is 22.8 Å². The molecule has 0 aliphatic rings. The summed E-state index contributed by atoms with van der Waals surface area (Å²) in [7, 11) is 0. The van der Waals surface area contributed by atoms with Crippen molar-refractivity contribution in [3.05, 3.63) is 0 Å². The van der Waals surface area contributed by atoms with E-state index in [1.54, 1.807) is 0 Å². The highest BCUT2D eigenvalue weighted by atomic mass is 32.2. The maximum atomic E-state index is 10.0. The van der Waals surface area contributed by atoms with Crippen molar-refractivity contribution in [1.82, 2.24) is 0 Å². The molecule has 0 rings (SSSR count). The first kappa shape index (κ1) is 11.5. The number of carboxylic acids is 1. The van der Waals surface area contributed by atoms with Crippen LogP contribution in [0.15, 0.2) is 0 Å². The Labute approximate surface area is 73.2 Å². The molecular weight excluding hydrogens is 184 g/mol. The number of aliphatic carboxylic acids is 1. The minimum Gasteiger partial charge on any atom is -0.750 e. The second-order valence-corrected chi connectivity index (χ2v) is 2.87. The van der Waals surface area contributed by atoms with Crippen LogP contribution in [0, 0.1) is 0 Å². The third-order valence-corrected chi connectivity index (χ3v) is 1.57. The van der Waals surface area contributed by atoms with Crippen LogP contribution in [0.1, 0.15) is 25.7 Å². The summed E-state index contributed by atoms with van der Waals surface area (Å²) in [4.78, 5) is 10.0. The van der Waals surface area contributed by atoms with Crippen LogP contribution >= 0.6 is 0 Å². The predicted octanol–water partition coefficient (Wildman–Crippen LogP) is 0.442. The Morgan fingerprint density at radius 2 is 2.08 bits per heavy atom. The zero-order chi connectivity index (χ0) is 9.40. The van der Waals surface area contributed by atoms with Crippen LogP contribution < -0.4 is 0 Å². The fourth-order valence-electron chi connectivity index (χ4n) is 0.682. The van der Waals surface area contributed by atoms with Gasteiger partial charge in [0.1, 0.15) is 0 Å². The smallest absolute Gasteiger partial charge is 0.303 e. The quantitative estimate of drug-likeness (QED) is 0.470. The van der Waals surface area contributed by atoms with E-state index in [9.17, 15) is 13.6 Å². The Hall–Kier alpha value is -0.460. The summed E-state index contributed by atoms with van der Waals surface area (Å²) < 4.78 is 23.9. The molecule has 0 aromatic carbocycles. The van der Waals surface area contributed by atoms with Gasteiger partial charge in [-0.05, 0) is 12.8 Å². The molecule has 0 saturated heterocycles. The van der Waals surface area contributed by atoms with Gasteiger partial charge in [-0.2, -0.15) is 0 Å². The van der Waals surface area contributed by atoms with E-state index in [0.717, 1.165) is 0 Å². The van der Waals surface area contributed by atoms with E-state index in [0.29, 0.717) is 19.3 Å². The highest BCUT2D eigenvalue weighted by Crippen LogP contribution is 2.00. The van der Waals surface area contributed by atoms with Crippen molar-refractivity contribution in [1.29, 1.82) is 0 Å². The maximum absolute atomic E-state index is 10.0. The van der Waals surface area contributed by atoms with Crippen molar-refractivity contribution in [2.75, 3.05) is 6.61 Å². The lowest BCUT2D eigenvalue weighted by Gasteiger charge is -2.04. The van der Waals surface area contributed by atoms with Crippen LogP contribution in [0.2, 0.25) is 0 Å². The number of carboxylic acid groups (broad SMARTS) is 1. The van der Waals surface area contributed by atoms with Crippen LogP contribution in [0.3, 0.4) is 0 Å². The molecule has 6 heteroatoms. The monoisotopic (exact) mass is 195 g/mol. The van der Waals surface area contributed by atoms with Crippen LogP contribution in [0.5, 0.6) is 0 Å². The maximum Gasteiger partial charge on any atom is 0.303 e. The first-order valence-electron chi connectivity index (χ1n) is 3.57. The van der Waals surface area contributed by atoms with E-state index < -0.39 is 17.3 Å². The van der Waals surface area contributed by atoms with Crippen LogP contribution in [-0.2, 0) is 20.3 Å². The molecule has 0 heterocycles. The normalized spacial score (nSPS) is 12.8. The Balaban J connectivity index is 3.01. The minimum absolute atomic E-state index is 0.125. The third kappa shape index (κ3) is 9.54. The molecular formula is C6H11O5S-. The lowest BCUT2D eigenvalue weighted by molar-refractivity contribution is -0.137. The molecule has 0 saturated carbocycles. The van der Waals surface area contributed by atoms with E-state index in [1.807, 2.05) is 0 Å². The number of hydrogen-bond donors (Lipinski definition) is 1. The van der Waals surface area contributed by atoms with Crippen molar-refractivity contribution in [3.8, 4) is 0 Å². The first-order chi connectivity index (χ1) is 5.63. The zero-order valence-corrected chi connectivity index (χ0v) is 7.34. The van der Waals surface area contributed by atoms with Crippen LogP contribution in [0.25, 0.3) is 0 Å². The van der Waals surface area contributed by atoms with Crippen LogP contribution in [-0.4, -0.2) is 26.4 Å². The third-order valence-electron chi connectivity index (χ3n) is 1.21. The second kappa shape index (κ2) is 7.20. The summed E-state index contributed by atoms with van der Waals surface area (Å²) in [5, 5.41) is 8.23. The molecule has 0 aliphatic heterocycles. The lowest BCUT2D eigenvalue weighted by Crippen LogP contribution is -1.99. The molecule has 72 valence electrons. The summed E-state index contributed by atoms with van der Waals surface area (Å²) >= 11 is -2.45. The Morgan fingerprint density at radius 1 is 1.42 bits per heavy atom. The van der Waals surface area contributed by atoms with Gasteiger partial charge in [0.25, 0.3) is 0 Å². The van der Waals surface area contributed by atoms with Gasteiger partial charge in [-0.25, -0.2) is 4.21 Å².